The molecule has 29 heavy (non-hydrogen) atoms. The molecule has 0 spiro atoms. The lowest BCUT2D eigenvalue weighted by atomic mass is 9.81. The highest BCUT2D eigenvalue weighted by Gasteiger charge is 2.35. The molecule has 1 heterocycles. The van der Waals surface area contributed by atoms with Crippen LogP contribution in [-0.2, 0) is 12.5 Å². The van der Waals surface area contributed by atoms with E-state index < -0.39 is 0 Å². The number of benzene rings is 4. The van der Waals surface area contributed by atoms with E-state index in [1.807, 2.05) is 0 Å². The molecule has 0 amide bonds. The Morgan fingerprint density at radius 1 is 0.621 bits per heavy atom. The van der Waals surface area contributed by atoms with Crippen LogP contribution in [0.4, 0.5) is 0 Å². The molecule has 0 atom stereocenters. The Morgan fingerprint density at radius 3 is 2.21 bits per heavy atom. The third-order valence-corrected chi connectivity index (χ3v) is 6.83. The van der Waals surface area contributed by atoms with Crippen LogP contribution in [-0.4, -0.2) is 4.57 Å². The molecule has 1 heteroatoms. The van der Waals surface area contributed by atoms with Gasteiger partial charge in [0.2, 0.25) is 0 Å². The van der Waals surface area contributed by atoms with E-state index in [2.05, 4.69) is 110 Å². The highest BCUT2D eigenvalue weighted by atomic mass is 14.9. The number of aryl methyl sites for hydroxylation is 1. The zero-order chi connectivity index (χ0) is 19.8. The first-order valence-corrected chi connectivity index (χ1v) is 10.3. The Hall–Kier alpha value is -3.32. The summed E-state index contributed by atoms with van der Waals surface area (Å²) in [4.78, 5) is 0. The quantitative estimate of drug-likeness (QED) is 0.290. The summed E-state index contributed by atoms with van der Waals surface area (Å²) in [6.07, 6.45) is 0. The first kappa shape index (κ1) is 16.6. The van der Waals surface area contributed by atoms with E-state index in [0.29, 0.717) is 0 Å². The third-order valence-electron chi connectivity index (χ3n) is 6.83. The van der Waals surface area contributed by atoms with Gasteiger partial charge in [-0.25, -0.2) is 0 Å². The fourth-order valence-corrected chi connectivity index (χ4v) is 5.32. The lowest BCUT2D eigenvalue weighted by Crippen LogP contribution is -2.14. The Kier molecular flexibility index (Phi) is 3.21. The van der Waals surface area contributed by atoms with Crippen LogP contribution in [0.3, 0.4) is 0 Å². The molecule has 6 rings (SSSR count). The maximum Gasteiger partial charge on any atom is 0.0495 e. The Labute approximate surface area is 171 Å². The molecule has 0 N–H and O–H groups in total. The van der Waals surface area contributed by atoms with Crippen molar-refractivity contribution in [1.82, 2.24) is 4.57 Å². The van der Waals surface area contributed by atoms with Crippen LogP contribution < -0.4 is 0 Å². The fraction of sp³-hybridized carbons (Fsp3) is 0.143. The largest absolute Gasteiger partial charge is 0.344 e. The van der Waals surface area contributed by atoms with Crippen LogP contribution in [0.25, 0.3) is 44.1 Å². The highest BCUT2D eigenvalue weighted by Crippen LogP contribution is 2.50. The summed E-state index contributed by atoms with van der Waals surface area (Å²) >= 11 is 0. The summed E-state index contributed by atoms with van der Waals surface area (Å²) in [6, 6.07) is 31.3. The molecule has 5 aromatic rings. The van der Waals surface area contributed by atoms with Crippen molar-refractivity contribution in [2.75, 3.05) is 0 Å². The number of hydrogen-bond acceptors (Lipinski definition) is 0. The van der Waals surface area contributed by atoms with Gasteiger partial charge in [0, 0.05) is 34.3 Å². The van der Waals surface area contributed by atoms with Gasteiger partial charge in [-0.3, -0.25) is 0 Å². The van der Waals surface area contributed by atoms with Crippen molar-refractivity contribution in [1.29, 1.82) is 0 Å². The molecule has 0 fully saturated rings. The lowest BCUT2D eigenvalue weighted by molar-refractivity contribution is 0.660. The monoisotopic (exact) mass is 373 g/mol. The van der Waals surface area contributed by atoms with Crippen LogP contribution in [0.1, 0.15) is 25.0 Å². The Bertz CT molecular complexity index is 1430. The van der Waals surface area contributed by atoms with E-state index in [9.17, 15) is 0 Å². The van der Waals surface area contributed by atoms with E-state index in [1.165, 1.54) is 55.2 Å². The van der Waals surface area contributed by atoms with Gasteiger partial charge in [-0.05, 0) is 51.6 Å². The zero-order valence-electron chi connectivity index (χ0n) is 17.0. The van der Waals surface area contributed by atoms with Gasteiger partial charge >= 0.3 is 0 Å². The smallest absolute Gasteiger partial charge is 0.0495 e. The van der Waals surface area contributed by atoms with E-state index in [-0.39, 0.29) is 5.41 Å². The van der Waals surface area contributed by atoms with Gasteiger partial charge in [-0.2, -0.15) is 0 Å². The molecule has 0 saturated carbocycles. The summed E-state index contributed by atoms with van der Waals surface area (Å²) in [6.45, 7) is 4.69. The molecule has 1 aliphatic rings. The predicted octanol–water partition coefficient (Wildman–Crippen LogP) is 7.30. The summed E-state index contributed by atoms with van der Waals surface area (Å²) in [7, 11) is 2.16. The van der Waals surface area contributed by atoms with Crippen LogP contribution in [0.5, 0.6) is 0 Å². The van der Waals surface area contributed by atoms with Gasteiger partial charge in [-0.15, -0.1) is 0 Å². The number of rotatable bonds is 1. The normalized spacial score (nSPS) is 14.3. The third kappa shape index (κ3) is 2.10. The average Bonchev–Trinajstić information content (AvgIpc) is 3.18. The van der Waals surface area contributed by atoms with E-state index in [1.54, 1.807) is 0 Å². The van der Waals surface area contributed by atoms with Gasteiger partial charge in [0.15, 0.2) is 0 Å². The second-order valence-electron chi connectivity index (χ2n) is 8.71. The van der Waals surface area contributed by atoms with E-state index in [0.717, 1.165) is 0 Å². The highest BCUT2D eigenvalue weighted by molar-refractivity contribution is 6.14. The number of aromatic nitrogens is 1. The average molecular weight is 373 g/mol. The second-order valence-corrected chi connectivity index (χ2v) is 8.71. The summed E-state index contributed by atoms with van der Waals surface area (Å²) in [5.74, 6) is 0. The molecule has 4 aromatic carbocycles. The standard InChI is InChI=1S/C28H23N/c1-28(2)23-12-6-4-9-20(23)21-16-15-18(17-24(21)28)19-11-8-14-26-27(19)22-10-5-7-13-25(22)29(26)3/h4-17H,1-3H3. The van der Waals surface area contributed by atoms with Gasteiger partial charge in [0.1, 0.15) is 0 Å². The predicted molar refractivity (Wildman–Crippen MR) is 123 cm³/mol. The first-order valence-electron chi connectivity index (χ1n) is 10.3. The summed E-state index contributed by atoms with van der Waals surface area (Å²) < 4.78 is 2.31. The van der Waals surface area contributed by atoms with Crippen LogP contribution in [0, 0.1) is 0 Å². The molecule has 0 saturated heterocycles. The molecule has 0 unspecified atom stereocenters. The molecular weight excluding hydrogens is 350 g/mol. The van der Waals surface area contributed by atoms with Gasteiger partial charge < -0.3 is 4.57 Å². The molecule has 140 valence electrons. The van der Waals surface area contributed by atoms with Gasteiger partial charge in [0.05, 0.1) is 0 Å². The van der Waals surface area contributed by atoms with Crippen LogP contribution in [0.15, 0.2) is 84.9 Å². The minimum Gasteiger partial charge on any atom is -0.344 e. The molecule has 1 aromatic heterocycles. The second kappa shape index (κ2) is 5.61. The molecule has 0 bridgehead atoms. The van der Waals surface area contributed by atoms with Crippen molar-refractivity contribution in [2.45, 2.75) is 19.3 Å². The van der Waals surface area contributed by atoms with Crippen molar-refractivity contribution in [2.24, 2.45) is 7.05 Å². The van der Waals surface area contributed by atoms with Crippen LogP contribution in [0.2, 0.25) is 0 Å². The molecular formula is C28H23N. The number of nitrogens with zero attached hydrogens (tertiary/aromatic N) is 1. The van der Waals surface area contributed by atoms with E-state index >= 15 is 0 Å². The number of hydrogen-bond donors (Lipinski definition) is 0. The first-order chi connectivity index (χ1) is 14.1. The SMILES string of the molecule is Cn1c2ccccc2c2c(-c3ccc4c(c3)C(C)(C)c3ccccc3-4)cccc21. The minimum absolute atomic E-state index is 0.0224. The van der Waals surface area contributed by atoms with Crippen molar-refractivity contribution < 1.29 is 0 Å². The van der Waals surface area contributed by atoms with Crippen molar-refractivity contribution >= 4 is 21.8 Å². The van der Waals surface area contributed by atoms with E-state index in [4.69, 9.17) is 0 Å². The Balaban J connectivity index is 1.65. The molecule has 0 radical (unpaired) electrons. The molecule has 0 aliphatic heterocycles. The van der Waals surface area contributed by atoms with Crippen molar-refractivity contribution in [3.05, 3.63) is 96.1 Å². The maximum atomic E-state index is 2.42. The van der Waals surface area contributed by atoms with Gasteiger partial charge in [0.25, 0.3) is 0 Å². The Morgan fingerprint density at radius 2 is 1.31 bits per heavy atom. The maximum absolute atomic E-state index is 2.42. The molecule has 1 aliphatic carbocycles. The number of fused-ring (bicyclic) bond motifs is 6. The van der Waals surface area contributed by atoms with Crippen LogP contribution >= 0.6 is 0 Å². The number of para-hydroxylation sites is 1. The minimum atomic E-state index is 0.0224. The van der Waals surface area contributed by atoms with Crippen molar-refractivity contribution in [3.8, 4) is 22.3 Å². The molecule has 1 nitrogen and oxygen atoms in total. The zero-order valence-corrected chi connectivity index (χ0v) is 17.0. The topological polar surface area (TPSA) is 4.93 Å². The fourth-order valence-electron chi connectivity index (χ4n) is 5.32. The lowest BCUT2D eigenvalue weighted by Gasteiger charge is -2.22. The van der Waals surface area contributed by atoms with Gasteiger partial charge in [-0.1, -0.05) is 80.6 Å². The summed E-state index contributed by atoms with van der Waals surface area (Å²) in [5, 5.41) is 2.67. The van der Waals surface area contributed by atoms with Crippen molar-refractivity contribution in [3.63, 3.8) is 0 Å². The summed E-state index contributed by atoms with van der Waals surface area (Å²) in [5.41, 5.74) is 10.8.